The smallest absolute Gasteiger partial charge is 0.261 e. The third kappa shape index (κ3) is 5.17. The Balaban J connectivity index is 1.81. The van der Waals surface area contributed by atoms with Gasteiger partial charge in [0.25, 0.3) is 11.8 Å². The lowest BCUT2D eigenvalue weighted by Crippen LogP contribution is -2.36. The molecule has 2 rings (SSSR count). The van der Waals surface area contributed by atoms with Crippen LogP contribution in [0.5, 0.6) is 0 Å². The van der Waals surface area contributed by atoms with Crippen molar-refractivity contribution in [2.45, 2.75) is 6.54 Å². The van der Waals surface area contributed by atoms with Crippen LogP contribution in [-0.4, -0.2) is 31.3 Å². The summed E-state index contributed by atoms with van der Waals surface area (Å²) >= 11 is 4.58. The summed E-state index contributed by atoms with van der Waals surface area (Å²) in [7, 11) is 1.56. The number of benzene rings is 1. The average Bonchev–Trinajstić information content (AvgIpc) is 3.03. The van der Waals surface area contributed by atoms with Crippen LogP contribution in [0.4, 0.5) is 0 Å². The van der Waals surface area contributed by atoms with Crippen LogP contribution in [0.1, 0.15) is 25.6 Å². The Morgan fingerprint density at radius 2 is 1.88 bits per heavy atom. The Labute approximate surface area is 151 Å². The lowest BCUT2D eigenvalue weighted by molar-refractivity contribution is -0.120. The summed E-state index contributed by atoms with van der Waals surface area (Å²) in [4.78, 5) is 35.8. The monoisotopic (exact) mass is 409 g/mol. The van der Waals surface area contributed by atoms with Crippen LogP contribution in [0.2, 0.25) is 0 Å². The van der Waals surface area contributed by atoms with E-state index in [1.165, 1.54) is 11.3 Å². The maximum atomic E-state index is 11.8. The van der Waals surface area contributed by atoms with E-state index in [4.69, 9.17) is 0 Å². The molecule has 0 fully saturated rings. The van der Waals surface area contributed by atoms with Gasteiger partial charge in [-0.1, -0.05) is 12.1 Å². The van der Waals surface area contributed by atoms with Gasteiger partial charge in [0, 0.05) is 19.2 Å². The molecule has 0 radical (unpaired) electrons. The SMILES string of the molecule is CNC(=O)c1cccc(CNC(=O)CNC(=O)c2ccc(Br)s2)c1. The van der Waals surface area contributed by atoms with E-state index >= 15 is 0 Å². The Kier molecular flexibility index (Phi) is 6.51. The van der Waals surface area contributed by atoms with Crippen molar-refractivity contribution in [3.63, 3.8) is 0 Å². The predicted octanol–water partition coefficient (Wildman–Crippen LogP) is 1.92. The van der Waals surface area contributed by atoms with Crippen LogP contribution < -0.4 is 16.0 Å². The molecule has 0 unspecified atom stereocenters. The molecule has 24 heavy (non-hydrogen) atoms. The number of nitrogens with one attached hydrogen (secondary N) is 3. The van der Waals surface area contributed by atoms with Crippen LogP contribution in [0.15, 0.2) is 40.2 Å². The van der Waals surface area contributed by atoms with Crippen LogP contribution >= 0.6 is 27.3 Å². The van der Waals surface area contributed by atoms with Crippen molar-refractivity contribution in [3.8, 4) is 0 Å². The first-order chi connectivity index (χ1) is 11.5. The third-order valence-corrected chi connectivity index (χ3v) is 4.73. The summed E-state index contributed by atoms with van der Waals surface area (Å²) in [6.07, 6.45) is 0. The zero-order valence-corrected chi connectivity index (χ0v) is 15.3. The summed E-state index contributed by atoms with van der Waals surface area (Å²) in [5.74, 6) is -0.774. The molecular weight excluding hydrogens is 394 g/mol. The van der Waals surface area contributed by atoms with E-state index in [-0.39, 0.29) is 30.8 Å². The molecule has 0 saturated carbocycles. The number of hydrogen-bond donors (Lipinski definition) is 3. The number of halogens is 1. The molecule has 0 spiro atoms. The Bertz CT molecular complexity index is 761. The first-order valence-corrected chi connectivity index (χ1v) is 8.72. The van der Waals surface area contributed by atoms with Crippen molar-refractivity contribution >= 4 is 45.0 Å². The van der Waals surface area contributed by atoms with Gasteiger partial charge < -0.3 is 16.0 Å². The van der Waals surface area contributed by atoms with Crippen LogP contribution in [0, 0.1) is 0 Å². The van der Waals surface area contributed by atoms with E-state index in [1.54, 1.807) is 37.4 Å². The molecule has 0 saturated heterocycles. The summed E-state index contributed by atoms with van der Waals surface area (Å²) in [6, 6.07) is 10.4. The average molecular weight is 410 g/mol. The molecule has 1 heterocycles. The van der Waals surface area contributed by atoms with Gasteiger partial charge in [0.15, 0.2) is 0 Å². The van der Waals surface area contributed by atoms with E-state index in [2.05, 4.69) is 31.9 Å². The largest absolute Gasteiger partial charge is 0.355 e. The molecule has 6 nitrogen and oxygen atoms in total. The highest BCUT2D eigenvalue weighted by Crippen LogP contribution is 2.21. The van der Waals surface area contributed by atoms with Crippen LogP contribution in [0.25, 0.3) is 0 Å². The molecule has 0 aliphatic rings. The number of rotatable bonds is 6. The highest BCUT2D eigenvalue weighted by atomic mass is 79.9. The number of carbonyl (C=O) groups excluding carboxylic acids is 3. The fourth-order valence-corrected chi connectivity index (χ4v) is 3.22. The summed E-state index contributed by atoms with van der Waals surface area (Å²) in [5, 5.41) is 7.81. The van der Waals surface area contributed by atoms with Gasteiger partial charge >= 0.3 is 0 Å². The van der Waals surface area contributed by atoms with Gasteiger partial charge in [0.1, 0.15) is 0 Å². The zero-order chi connectivity index (χ0) is 17.5. The molecule has 2 aromatic rings. The molecular formula is C16H16BrN3O3S. The lowest BCUT2D eigenvalue weighted by Gasteiger charge is -2.08. The van der Waals surface area contributed by atoms with Gasteiger partial charge in [0.05, 0.1) is 15.2 Å². The summed E-state index contributed by atoms with van der Waals surface area (Å²) in [6.45, 7) is 0.174. The van der Waals surface area contributed by atoms with Crippen molar-refractivity contribution < 1.29 is 14.4 Å². The highest BCUT2D eigenvalue weighted by molar-refractivity contribution is 9.11. The first-order valence-electron chi connectivity index (χ1n) is 7.11. The number of hydrogen-bond acceptors (Lipinski definition) is 4. The molecule has 126 valence electrons. The molecule has 0 atom stereocenters. The fraction of sp³-hybridized carbons (Fsp3) is 0.188. The Morgan fingerprint density at radius 3 is 2.54 bits per heavy atom. The molecule has 3 N–H and O–H groups in total. The van der Waals surface area contributed by atoms with Crippen LogP contribution in [0.3, 0.4) is 0 Å². The molecule has 0 aliphatic carbocycles. The first kappa shape index (κ1) is 18.2. The van der Waals surface area contributed by atoms with E-state index in [0.717, 1.165) is 9.35 Å². The molecule has 1 aromatic heterocycles. The van der Waals surface area contributed by atoms with Gasteiger partial charge in [-0.3, -0.25) is 14.4 Å². The van der Waals surface area contributed by atoms with E-state index in [0.29, 0.717) is 10.4 Å². The van der Waals surface area contributed by atoms with E-state index in [1.807, 2.05) is 6.07 Å². The Morgan fingerprint density at radius 1 is 1.08 bits per heavy atom. The predicted molar refractivity (Wildman–Crippen MR) is 96.0 cm³/mol. The minimum atomic E-state index is -0.302. The van der Waals surface area contributed by atoms with Gasteiger partial charge in [-0.2, -0.15) is 0 Å². The second kappa shape index (κ2) is 8.60. The number of amides is 3. The lowest BCUT2D eigenvalue weighted by atomic mass is 10.1. The molecule has 8 heteroatoms. The molecule has 1 aromatic carbocycles. The summed E-state index contributed by atoms with van der Waals surface area (Å²) < 4.78 is 0.855. The van der Waals surface area contributed by atoms with Crippen molar-refractivity contribution in [3.05, 3.63) is 56.2 Å². The second-order valence-electron chi connectivity index (χ2n) is 4.84. The van der Waals surface area contributed by atoms with Crippen molar-refractivity contribution in [2.24, 2.45) is 0 Å². The van der Waals surface area contributed by atoms with Gasteiger partial charge in [-0.25, -0.2) is 0 Å². The fourth-order valence-electron chi connectivity index (χ4n) is 1.91. The Hall–Kier alpha value is -2.19. The minimum absolute atomic E-state index is 0.108. The van der Waals surface area contributed by atoms with E-state index in [9.17, 15) is 14.4 Å². The van der Waals surface area contributed by atoms with Crippen molar-refractivity contribution in [2.75, 3.05) is 13.6 Å². The van der Waals surface area contributed by atoms with E-state index < -0.39 is 0 Å². The minimum Gasteiger partial charge on any atom is -0.355 e. The molecule has 3 amide bonds. The van der Waals surface area contributed by atoms with Gasteiger partial charge in [-0.05, 0) is 45.8 Å². The maximum absolute atomic E-state index is 11.8. The molecule has 0 aliphatic heterocycles. The quantitative estimate of drug-likeness (QED) is 0.680. The van der Waals surface area contributed by atoms with Gasteiger partial charge in [0.2, 0.25) is 5.91 Å². The number of thiophene rings is 1. The standard InChI is InChI=1S/C16H16BrN3O3S/c1-18-15(22)11-4-2-3-10(7-11)8-19-14(21)9-20-16(23)12-5-6-13(17)24-12/h2-7H,8-9H2,1H3,(H,18,22)(H,19,21)(H,20,23). The topological polar surface area (TPSA) is 87.3 Å². The van der Waals surface area contributed by atoms with Crippen molar-refractivity contribution in [1.29, 1.82) is 0 Å². The van der Waals surface area contributed by atoms with Crippen molar-refractivity contribution in [1.82, 2.24) is 16.0 Å². The second-order valence-corrected chi connectivity index (χ2v) is 7.31. The maximum Gasteiger partial charge on any atom is 0.261 e. The normalized spacial score (nSPS) is 10.1. The zero-order valence-electron chi connectivity index (χ0n) is 12.9. The van der Waals surface area contributed by atoms with Crippen LogP contribution in [-0.2, 0) is 11.3 Å². The van der Waals surface area contributed by atoms with Gasteiger partial charge in [-0.15, -0.1) is 11.3 Å². The summed E-state index contributed by atoms with van der Waals surface area (Å²) in [5.41, 5.74) is 1.33. The number of carbonyl (C=O) groups is 3. The third-order valence-electron chi connectivity index (χ3n) is 3.11. The highest BCUT2D eigenvalue weighted by Gasteiger charge is 2.10. The molecule has 0 bridgehead atoms.